The first kappa shape index (κ1) is 19.4. The van der Waals surface area contributed by atoms with Gasteiger partial charge in [-0.2, -0.15) is 0 Å². The number of carbonyl (C=O) groups excluding carboxylic acids is 1. The normalized spacial score (nSPS) is 14.9. The number of methoxy groups -OCH3 is 1. The molecule has 0 radical (unpaired) electrons. The molecule has 0 saturated carbocycles. The molecule has 2 aromatic carbocycles. The number of fused-ring (bicyclic) bond motifs is 1. The molecule has 1 aliphatic rings. The summed E-state index contributed by atoms with van der Waals surface area (Å²) in [5.41, 5.74) is 1.82. The molecular weight excluding hydrogens is 392 g/mol. The van der Waals surface area contributed by atoms with Crippen molar-refractivity contribution in [1.29, 1.82) is 0 Å². The van der Waals surface area contributed by atoms with Crippen LogP contribution in [0.15, 0.2) is 47.3 Å². The zero-order valence-electron chi connectivity index (χ0n) is 16.1. The van der Waals surface area contributed by atoms with Crippen molar-refractivity contribution in [2.75, 3.05) is 38.2 Å². The number of piperazine rings is 1. The maximum atomic E-state index is 12.4. The number of benzene rings is 2. The minimum absolute atomic E-state index is 0.196. The van der Waals surface area contributed by atoms with E-state index in [1.54, 1.807) is 18.2 Å². The second-order valence-electron chi connectivity index (χ2n) is 7.13. The van der Waals surface area contributed by atoms with Crippen LogP contribution in [0.5, 0.6) is 0 Å². The summed E-state index contributed by atoms with van der Waals surface area (Å²) in [7, 11) is 1.33. The van der Waals surface area contributed by atoms with Crippen molar-refractivity contribution in [3.05, 3.63) is 69.2 Å². The van der Waals surface area contributed by atoms with Gasteiger partial charge in [-0.05, 0) is 36.4 Å². The Bertz CT molecular complexity index is 1110. The standard InChI is InChI=1S/C21H21ClN4O3/c1-29-21(28)14-5-6-17-18(11-14)23-19(24-20(17)27)13-25-7-9-26(10-8-25)16-4-2-3-15(22)12-16/h2-6,11-12H,7-10,13H2,1H3,(H,23,24,27)/p+1. The van der Waals surface area contributed by atoms with Crippen LogP contribution in [0.25, 0.3) is 10.9 Å². The molecule has 0 spiro atoms. The summed E-state index contributed by atoms with van der Waals surface area (Å²) in [5, 5.41) is 1.20. The monoisotopic (exact) mass is 413 g/mol. The van der Waals surface area contributed by atoms with E-state index in [0.717, 1.165) is 36.9 Å². The van der Waals surface area contributed by atoms with Crippen LogP contribution < -0.4 is 15.4 Å². The summed E-state index contributed by atoms with van der Waals surface area (Å²) in [5.74, 6) is 0.175. The highest BCUT2D eigenvalue weighted by Crippen LogP contribution is 2.19. The van der Waals surface area contributed by atoms with Gasteiger partial charge >= 0.3 is 5.97 Å². The van der Waals surface area contributed by atoms with E-state index < -0.39 is 5.97 Å². The Morgan fingerprint density at radius 3 is 2.76 bits per heavy atom. The summed E-state index contributed by atoms with van der Waals surface area (Å²) in [6, 6.07) is 12.7. The second-order valence-corrected chi connectivity index (χ2v) is 7.57. The van der Waals surface area contributed by atoms with Gasteiger partial charge in [-0.15, -0.1) is 0 Å². The second kappa shape index (κ2) is 8.23. The molecule has 1 fully saturated rings. The Balaban J connectivity index is 1.48. The maximum Gasteiger partial charge on any atom is 0.337 e. The predicted octanol–water partition coefficient (Wildman–Crippen LogP) is 1.27. The van der Waals surface area contributed by atoms with Gasteiger partial charge in [0.05, 0.1) is 49.8 Å². The van der Waals surface area contributed by atoms with Crippen molar-refractivity contribution in [1.82, 2.24) is 9.97 Å². The van der Waals surface area contributed by atoms with E-state index in [2.05, 4.69) is 20.9 Å². The molecule has 2 N–H and O–H groups in total. The zero-order chi connectivity index (χ0) is 20.4. The van der Waals surface area contributed by atoms with Gasteiger partial charge in [-0.25, -0.2) is 9.78 Å². The zero-order valence-corrected chi connectivity index (χ0v) is 16.8. The van der Waals surface area contributed by atoms with Crippen LogP contribution in [0.2, 0.25) is 5.02 Å². The van der Waals surface area contributed by atoms with E-state index in [9.17, 15) is 9.59 Å². The highest BCUT2D eigenvalue weighted by Gasteiger charge is 2.21. The quantitative estimate of drug-likeness (QED) is 0.630. The average Bonchev–Trinajstić information content (AvgIpc) is 2.73. The molecule has 7 nitrogen and oxygen atoms in total. The van der Waals surface area contributed by atoms with Crippen LogP contribution in [0.1, 0.15) is 16.2 Å². The molecule has 0 unspecified atom stereocenters. The Morgan fingerprint density at radius 2 is 2.03 bits per heavy atom. The number of quaternary nitrogens is 1. The molecule has 0 atom stereocenters. The van der Waals surface area contributed by atoms with Crippen LogP contribution in [0, 0.1) is 0 Å². The largest absolute Gasteiger partial charge is 0.465 e. The number of aromatic amines is 1. The van der Waals surface area contributed by atoms with E-state index in [0.29, 0.717) is 28.8 Å². The highest BCUT2D eigenvalue weighted by molar-refractivity contribution is 6.30. The van der Waals surface area contributed by atoms with Crippen LogP contribution in [0.4, 0.5) is 5.69 Å². The molecule has 29 heavy (non-hydrogen) atoms. The number of nitrogens with zero attached hydrogens (tertiary/aromatic N) is 2. The van der Waals surface area contributed by atoms with Gasteiger partial charge in [0.1, 0.15) is 6.54 Å². The van der Waals surface area contributed by atoms with Crippen molar-refractivity contribution >= 4 is 34.2 Å². The van der Waals surface area contributed by atoms with Crippen LogP contribution in [-0.4, -0.2) is 49.2 Å². The summed E-state index contributed by atoms with van der Waals surface area (Å²) < 4.78 is 4.75. The van der Waals surface area contributed by atoms with Gasteiger partial charge in [0.15, 0.2) is 5.82 Å². The summed E-state index contributed by atoms with van der Waals surface area (Å²) >= 11 is 6.10. The molecule has 150 valence electrons. The molecule has 0 bridgehead atoms. The lowest BCUT2D eigenvalue weighted by molar-refractivity contribution is -0.915. The molecule has 1 aromatic heterocycles. The molecule has 8 heteroatoms. The smallest absolute Gasteiger partial charge is 0.337 e. The fraction of sp³-hybridized carbons (Fsp3) is 0.286. The molecular formula is C21H22ClN4O3+. The van der Waals surface area contributed by atoms with E-state index in [-0.39, 0.29) is 5.56 Å². The van der Waals surface area contributed by atoms with E-state index >= 15 is 0 Å². The van der Waals surface area contributed by atoms with Gasteiger partial charge in [-0.1, -0.05) is 17.7 Å². The number of nitrogens with one attached hydrogen (secondary N) is 2. The number of aromatic nitrogens is 2. The number of H-pyrrole nitrogens is 1. The number of esters is 1. The highest BCUT2D eigenvalue weighted by atomic mass is 35.5. The minimum atomic E-state index is -0.446. The Labute approximate surface area is 172 Å². The molecule has 1 saturated heterocycles. The Hall–Kier alpha value is -2.90. The first-order valence-corrected chi connectivity index (χ1v) is 9.86. The molecule has 1 aliphatic heterocycles. The van der Waals surface area contributed by atoms with Crippen molar-refractivity contribution < 1.29 is 14.4 Å². The lowest BCUT2D eigenvalue weighted by Gasteiger charge is -2.33. The third-order valence-corrected chi connectivity index (χ3v) is 5.47. The Morgan fingerprint density at radius 1 is 1.24 bits per heavy atom. The van der Waals surface area contributed by atoms with Crippen LogP contribution >= 0.6 is 11.6 Å². The van der Waals surface area contributed by atoms with Crippen LogP contribution in [-0.2, 0) is 11.3 Å². The fourth-order valence-electron chi connectivity index (χ4n) is 3.68. The van der Waals surface area contributed by atoms with Gasteiger partial charge in [0, 0.05) is 10.7 Å². The molecule has 4 rings (SSSR count). The maximum absolute atomic E-state index is 12.4. The minimum Gasteiger partial charge on any atom is -0.465 e. The molecule has 3 aromatic rings. The number of anilines is 1. The first-order chi connectivity index (χ1) is 14.0. The van der Waals surface area contributed by atoms with Crippen molar-refractivity contribution in [3.63, 3.8) is 0 Å². The number of carbonyl (C=O) groups is 1. The third-order valence-electron chi connectivity index (χ3n) is 5.24. The summed E-state index contributed by atoms with van der Waals surface area (Å²) in [4.78, 5) is 35.3. The Kier molecular flexibility index (Phi) is 5.51. The third kappa shape index (κ3) is 4.26. The van der Waals surface area contributed by atoms with Crippen molar-refractivity contribution in [3.8, 4) is 0 Å². The fourth-order valence-corrected chi connectivity index (χ4v) is 3.87. The lowest BCUT2D eigenvalue weighted by Crippen LogP contribution is -3.13. The predicted molar refractivity (Wildman–Crippen MR) is 112 cm³/mol. The van der Waals surface area contributed by atoms with Gasteiger partial charge in [0.2, 0.25) is 0 Å². The number of rotatable bonds is 4. The van der Waals surface area contributed by atoms with Crippen molar-refractivity contribution in [2.24, 2.45) is 0 Å². The van der Waals surface area contributed by atoms with Crippen molar-refractivity contribution in [2.45, 2.75) is 6.54 Å². The number of halogens is 1. The van der Waals surface area contributed by atoms with Gasteiger partial charge in [0.25, 0.3) is 5.56 Å². The molecule has 0 amide bonds. The van der Waals surface area contributed by atoms with E-state index in [4.69, 9.17) is 16.3 Å². The first-order valence-electron chi connectivity index (χ1n) is 9.49. The lowest BCUT2D eigenvalue weighted by atomic mass is 10.1. The summed E-state index contributed by atoms with van der Waals surface area (Å²) in [6.45, 7) is 4.28. The van der Waals surface area contributed by atoms with Gasteiger partial charge < -0.3 is 19.5 Å². The summed E-state index contributed by atoms with van der Waals surface area (Å²) in [6.07, 6.45) is 0. The van der Waals surface area contributed by atoms with Crippen LogP contribution in [0.3, 0.4) is 0 Å². The van der Waals surface area contributed by atoms with E-state index in [1.807, 2.05) is 18.2 Å². The SMILES string of the molecule is COC(=O)c1ccc2c(=O)[nH]c(C[NH+]3CCN(c4cccc(Cl)c4)CC3)nc2c1. The average molecular weight is 414 g/mol. The van der Waals surface area contributed by atoms with Gasteiger partial charge in [-0.3, -0.25) is 4.79 Å². The number of hydrogen-bond acceptors (Lipinski definition) is 5. The number of hydrogen-bond donors (Lipinski definition) is 2. The molecule has 0 aliphatic carbocycles. The molecule has 2 heterocycles. The van der Waals surface area contributed by atoms with E-state index in [1.165, 1.54) is 12.0 Å². The number of ether oxygens (including phenoxy) is 1. The topological polar surface area (TPSA) is 79.7 Å².